The lowest BCUT2D eigenvalue weighted by molar-refractivity contribution is -0.173. The van der Waals surface area contributed by atoms with Gasteiger partial charge in [0.25, 0.3) is 0 Å². The molecule has 7 heteroatoms. The van der Waals surface area contributed by atoms with Crippen LogP contribution in [0.15, 0.2) is 18.2 Å². The molecule has 0 heterocycles. The van der Waals surface area contributed by atoms with Gasteiger partial charge in [0.15, 0.2) is 0 Å². The van der Waals surface area contributed by atoms with Crippen LogP contribution in [0.1, 0.15) is 18.5 Å². The fourth-order valence-electron chi connectivity index (χ4n) is 1.50. The lowest BCUT2D eigenvalue weighted by atomic mass is 10.1. The van der Waals surface area contributed by atoms with Crippen molar-refractivity contribution in [3.8, 4) is 0 Å². The van der Waals surface area contributed by atoms with Gasteiger partial charge in [-0.25, -0.2) is 0 Å². The van der Waals surface area contributed by atoms with Crippen LogP contribution in [0.2, 0.25) is 10.0 Å². The van der Waals surface area contributed by atoms with E-state index in [4.69, 9.17) is 23.2 Å². The van der Waals surface area contributed by atoms with Crippen LogP contribution >= 0.6 is 23.2 Å². The highest BCUT2D eigenvalue weighted by Gasteiger charge is 2.27. The maximum atomic E-state index is 11.8. The van der Waals surface area contributed by atoms with E-state index in [0.717, 1.165) is 5.56 Å². The van der Waals surface area contributed by atoms with Crippen LogP contribution in [-0.2, 0) is 4.74 Å². The van der Waals surface area contributed by atoms with Gasteiger partial charge in [-0.1, -0.05) is 35.3 Å². The van der Waals surface area contributed by atoms with Gasteiger partial charge >= 0.3 is 6.18 Å². The van der Waals surface area contributed by atoms with E-state index in [1.165, 1.54) is 0 Å². The molecule has 0 saturated heterocycles. The van der Waals surface area contributed by atoms with Gasteiger partial charge in [-0.05, 0) is 18.6 Å². The summed E-state index contributed by atoms with van der Waals surface area (Å²) >= 11 is 11.9. The van der Waals surface area contributed by atoms with Crippen LogP contribution in [0.25, 0.3) is 0 Å². The first-order valence-corrected chi connectivity index (χ1v) is 6.38. The van der Waals surface area contributed by atoms with Crippen LogP contribution in [-0.4, -0.2) is 25.9 Å². The number of hydrogen-bond donors (Lipinski definition) is 1. The molecule has 1 atom stereocenters. The van der Waals surface area contributed by atoms with E-state index in [1.54, 1.807) is 12.1 Å². The Morgan fingerprint density at radius 2 is 2.00 bits per heavy atom. The third kappa shape index (κ3) is 5.99. The Labute approximate surface area is 119 Å². The molecule has 0 radical (unpaired) electrons. The largest absolute Gasteiger partial charge is 0.411 e. The van der Waals surface area contributed by atoms with Crippen molar-refractivity contribution in [2.75, 3.05) is 19.8 Å². The zero-order chi connectivity index (χ0) is 14.5. The Morgan fingerprint density at radius 1 is 1.32 bits per heavy atom. The molecule has 0 bridgehead atoms. The quantitative estimate of drug-likeness (QED) is 0.793. The number of hydrogen-bond acceptors (Lipinski definition) is 2. The first kappa shape index (κ1) is 16.6. The van der Waals surface area contributed by atoms with Gasteiger partial charge in [0.05, 0.1) is 16.7 Å². The monoisotopic (exact) mass is 315 g/mol. The molecule has 1 unspecified atom stereocenters. The van der Waals surface area contributed by atoms with Crippen molar-refractivity contribution in [1.29, 1.82) is 0 Å². The van der Waals surface area contributed by atoms with E-state index in [-0.39, 0.29) is 12.6 Å². The zero-order valence-corrected chi connectivity index (χ0v) is 11.7. The third-order valence-electron chi connectivity index (χ3n) is 2.41. The minimum Gasteiger partial charge on any atom is -0.371 e. The fraction of sp³-hybridized carbons (Fsp3) is 0.500. The molecule has 1 rings (SSSR count). The van der Waals surface area contributed by atoms with Crippen molar-refractivity contribution < 1.29 is 17.9 Å². The molecule has 0 fully saturated rings. The van der Waals surface area contributed by atoms with E-state index in [2.05, 4.69) is 10.1 Å². The van der Waals surface area contributed by atoms with E-state index in [0.29, 0.717) is 16.6 Å². The molecule has 0 aliphatic rings. The molecule has 0 aliphatic heterocycles. The van der Waals surface area contributed by atoms with E-state index in [9.17, 15) is 13.2 Å². The first-order chi connectivity index (χ1) is 8.81. The van der Waals surface area contributed by atoms with Crippen molar-refractivity contribution in [2.24, 2.45) is 0 Å². The second kappa shape index (κ2) is 7.33. The summed E-state index contributed by atoms with van der Waals surface area (Å²) in [5.41, 5.74) is 0.796. The second-order valence-corrected chi connectivity index (χ2v) is 4.77. The van der Waals surface area contributed by atoms with E-state index in [1.807, 2.05) is 13.0 Å². The average molecular weight is 316 g/mol. The molecule has 1 aromatic carbocycles. The first-order valence-electron chi connectivity index (χ1n) is 5.63. The van der Waals surface area contributed by atoms with Crippen molar-refractivity contribution in [3.63, 3.8) is 0 Å². The number of ether oxygens (including phenoxy) is 1. The number of rotatable bonds is 6. The molecule has 0 spiro atoms. The Hall–Kier alpha value is -0.490. The summed E-state index contributed by atoms with van der Waals surface area (Å²) in [6, 6.07) is 5.12. The standard InChI is InChI=1S/C12H14Cl2F3NO/c1-8(9-3-2-4-10(13)11(9)14)18-5-6-19-7-12(15,16)17/h2-4,8,18H,5-7H2,1H3. The summed E-state index contributed by atoms with van der Waals surface area (Å²) in [7, 11) is 0. The van der Waals surface area contributed by atoms with Crippen LogP contribution in [0.5, 0.6) is 0 Å². The molecule has 0 aromatic heterocycles. The van der Waals surface area contributed by atoms with Crippen LogP contribution < -0.4 is 5.32 Å². The zero-order valence-electron chi connectivity index (χ0n) is 10.2. The third-order valence-corrected chi connectivity index (χ3v) is 3.24. The number of benzene rings is 1. The van der Waals surface area contributed by atoms with Gasteiger partial charge in [0.2, 0.25) is 0 Å². The molecule has 1 N–H and O–H groups in total. The van der Waals surface area contributed by atoms with Crippen LogP contribution in [0.4, 0.5) is 13.2 Å². The highest BCUT2D eigenvalue weighted by atomic mass is 35.5. The lowest BCUT2D eigenvalue weighted by Gasteiger charge is -2.16. The summed E-state index contributed by atoms with van der Waals surface area (Å²) in [6.45, 7) is 0.879. The van der Waals surface area contributed by atoms with Gasteiger partial charge in [0.1, 0.15) is 6.61 Å². The maximum Gasteiger partial charge on any atom is 0.411 e. The van der Waals surface area contributed by atoms with Crippen LogP contribution in [0, 0.1) is 0 Å². The normalized spacial score (nSPS) is 13.6. The number of halogens is 5. The Morgan fingerprint density at radius 3 is 2.63 bits per heavy atom. The summed E-state index contributed by atoms with van der Waals surface area (Å²) in [5.74, 6) is 0. The van der Waals surface area contributed by atoms with Gasteiger partial charge in [-0.15, -0.1) is 0 Å². The predicted molar refractivity (Wildman–Crippen MR) is 69.8 cm³/mol. The molecular formula is C12H14Cl2F3NO. The summed E-state index contributed by atoms with van der Waals surface area (Å²) in [4.78, 5) is 0. The highest BCUT2D eigenvalue weighted by Crippen LogP contribution is 2.29. The fourth-order valence-corrected chi connectivity index (χ4v) is 1.97. The van der Waals surface area contributed by atoms with Crippen molar-refractivity contribution in [3.05, 3.63) is 33.8 Å². The van der Waals surface area contributed by atoms with Gasteiger partial charge in [-0.2, -0.15) is 13.2 Å². The molecule has 2 nitrogen and oxygen atoms in total. The molecular weight excluding hydrogens is 302 g/mol. The summed E-state index contributed by atoms with van der Waals surface area (Å²) < 4.78 is 40.0. The molecule has 0 amide bonds. The van der Waals surface area contributed by atoms with Crippen LogP contribution in [0.3, 0.4) is 0 Å². The van der Waals surface area contributed by atoms with Crippen molar-refractivity contribution in [1.82, 2.24) is 5.32 Å². The van der Waals surface area contributed by atoms with Crippen molar-refractivity contribution in [2.45, 2.75) is 19.1 Å². The molecule has 0 aliphatic carbocycles. The lowest BCUT2D eigenvalue weighted by Crippen LogP contribution is -2.26. The van der Waals surface area contributed by atoms with Gasteiger partial charge in [-0.3, -0.25) is 0 Å². The molecule has 108 valence electrons. The highest BCUT2D eigenvalue weighted by molar-refractivity contribution is 6.42. The van der Waals surface area contributed by atoms with Gasteiger partial charge in [0, 0.05) is 12.6 Å². The van der Waals surface area contributed by atoms with Crippen molar-refractivity contribution >= 4 is 23.2 Å². The minimum absolute atomic E-state index is 0.0258. The SMILES string of the molecule is CC(NCCOCC(F)(F)F)c1cccc(Cl)c1Cl. The summed E-state index contributed by atoms with van der Waals surface area (Å²) in [6.07, 6.45) is -4.29. The summed E-state index contributed by atoms with van der Waals surface area (Å²) in [5, 5.41) is 3.91. The maximum absolute atomic E-state index is 11.8. The smallest absolute Gasteiger partial charge is 0.371 e. The predicted octanol–water partition coefficient (Wildman–Crippen LogP) is 4.22. The number of alkyl halides is 3. The molecule has 0 saturated carbocycles. The Bertz CT molecular complexity index is 412. The van der Waals surface area contributed by atoms with E-state index < -0.39 is 12.8 Å². The minimum atomic E-state index is -4.29. The topological polar surface area (TPSA) is 21.3 Å². The Kier molecular flexibility index (Phi) is 6.39. The van der Waals surface area contributed by atoms with Gasteiger partial charge < -0.3 is 10.1 Å². The second-order valence-electron chi connectivity index (χ2n) is 3.99. The van der Waals surface area contributed by atoms with E-state index >= 15 is 0 Å². The average Bonchev–Trinajstić information content (AvgIpc) is 2.30. The Balaban J connectivity index is 2.35. The number of nitrogens with one attached hydrogen (secondary N) is 1. The molecule has 1 aromatic rings. The molecule has 19 heavy (non-hydrogen) atoms.